The summed E-state index contributed by atoms with van der Waals surface area (Å²) in [5.41, 5.74) is 8.68. The van der Waals surface area contributed by atoms with Gasteiger partial charge in [0.05, 0.1) is 0 Å². The quantitative estimate of drug-likeness (QED) is 0.476. The van der Waals surface area contributed by atoms with Crippen LogP contribution in [0.25, 0.3) is 10.8 Å². The zero-order valence-electron chi connectivity index (χ0n) is 15.7. The third-order valence-corrected chi connectivity index (χ3v) is 6.13. The Bertz CT molecular complexity index is 1030. The minimum absolute atomic E-state index is 0.108. The van der Waals surface area contributed by atoms with Crippen LogP contribution in [-0.2, 0) is 11.8 Å². The van der Waals surface area contributed by atoms with Crippen molar-refractivity contribution >= 4 is 26.7 Å². The summed E-state index contributed by atoms with van der Waals surface area (Å²) in [5.74, 6) is 0.214. The molecule has 0 amide bonds. The molecular weight excluding hydrogens is 443 g/mol. The van der Waals surface area contributed by atoms with Crippen molar-refractivity contribution in [2.24, 2.45) is 5.73 Å². The van der Waals surface area contributed by atoms with E-state index in [1.54, 1.807) is 12.1 Å². The first-order valence-corrected chi connectivity index (χ1v) is 10.3. The van der Waals surface area contributed by atoms with E-state index in [4.69, 9.17) is 10.5 Å². The number of benzene rings is 3. The minimum atomic E-state index is -4.35. The van der Waals surface area contributed by atoms with Gasteiger partial charge >= 0.3 is 6.18 Å². The number of ether oxygens (including phenoxy) is 1. The largest absolute Gasteiger partial charge is 0.484 e. The molecule has 1 aliphatic carbocycles. The summed E-state index contributed by atoms with van der Waals surface area (Å²) in [5, 5.41) is 2.36. The molecule has 1 atom stereocenters. The second kappa shape index (κ2) is 7.65. The molecule has 1 saturated carbocycles. The average Bonchev–Trinajstić information content (AvgIpc) is 3.47. The molecule has 0 bridgehead atoms. The molecule has 0 heterocycles. The van der Waals surface area contributed by atoms with E-state index in [0.717, 1.165) is 22.9 Å². The van der Waals surface area contributed by atoms with Gasteiger partial charge in [-0.3, -0.25) is 0 Å². The monoisotopic (exact) mass is 463 g/mol. The maximum absolute atomic E-state index is 12.4. The van der Waals surface area contributed by atoms with E-state index in [1.807, 2.05) is 12.1 Å². The number of rotatable bonds is 6. The second-order valence-corrected chi connectivity index (χ2v) is 8.60. The van der Waals surface area contributed by atoms with Crippen molar-refractivity contribution in [2.75, 3.05) is 6.61 Å². The van der Waals surface area contributed by atoms with Crippen molar-refractivity contribution in [3.63, 3.8) is 0 Å². The van der Waals surface area contributed by atoms with E-state index in [-0.39, 0.29) is 17.2 Å². The van der Waals surface area contributed by atoms with Gasteiger partial charge in [0.15, 0.2) is 6.61 Å². The number of nitrogens with two attached hydrogens (primary N) is 1. The van der Waals surface area contributed by atoms with Gasteiger partial charge in [0.2, 0.25) is 0 Å². The smallest absolute Gasteiger partial charge is 0.422 e. The fraction of sp³-hybridized carbons (Fsp3) is 0.304. The first kappa shape index (κ1) is 20.2. The second-order valence-electron chi connectivity index (χ2n) is 7.69. The topological polar surface area (TPSA) is 35.2 Å². The fourth-order valence-corrected chi connectivity index (χ4v) is 4.39. The predicted molar refractivity (Wildman–Crippen MR) is 112 cm³/mol. The van der Waals surface area contributed by atoms with Gasteiger partial charge in [-0.1, -0.05) is 52.3 Å². The molecule has 1 fully saturated rings. The molecule has 29 heavy (non-hydrogen) atoms. The van der Waals surface area contributed by atoms with Gasteiger partial charge in [0.1, 0.15) is 5.75 Å². The standard InChI is InChI=1S/C23H21BrF3NO/c24-17-8-7-16-4-2-6-20(19(16)13-17)22(9-10-22)21(28)12-15-3-1-5-18(11-15)29-14-23(25,26)27/h1-8,11,13,21H,9-10,12,14,28H2. The van der Waals surface area contributed by atoms with Crippen LogP contribution in [0.15, 0.2) is 65.1 Å². The van der Waals surface area contributed by atoms with Crippen LogP contribution in [0, 0.1) is 0 Å². The Morgan fingerprint density at radius 1 is 1.03 bits per heavy atom. The van der Waals surface area contributed by atoms with Gasteiger partial charge < -0.3 is 10.5 Å². The summed E-state index contributed by atoms with van der Waals surface area (Å²) in [6.07, 6.45) is -1.77. The maximum atomic E-state index is 12.4. The van der Waals surface area contributed by atoms with Gasteiger partial charge in [0.25, 0.3) is 0 Å². The van der Waals surface area contributed by atoms with Crippen LogP contribution in [0.2, 0.25) is 0 Å². The molecule has 1 unspecified atom stereocenters. The van der Waals surface area contributed by atoms with Crippen molar-refractivity contribution in [3.8, 4) is 5.75 Å². The van der Waals surface area contributed by atoms with Gasteiger partial charge in [-0.05, 0) is 65.4 Å². The van der Waals surface area contributed by atoms with E-state index in [0.29, 0.717) is 6.42 Å². The van der Waals surface area contributed by atoms with Gasteiger partial charge in [-0.25, -0.2) is 0 Å². The molecule has 0 aliphatic heterocycles. The summed E-state index contributed by atoms with van der Waals surface area (Å²) in [7, 11) is 0. The van der Waals surface area contributed by atoms with Crippen LogP contribution in [0.5, 0.6) is 5.75 Å². The fourth-order valence-electron chi connectivity index (χ4n) is 4.03. The van der Waals surface area contributed by atoms with Crippen LogP contribution >= 0.6 is 15.9 Å². The Morgan fingerprint density at radius 2 is 1.79 bits per heavy atom. The van der Waals surface area contributed by atoms with E-state index < -0.39 is 12.8 Å². The first-order chi connectivity index (χ1) is 13.8. The van der Waals surface area contributed by atoms with Gasteiger partial charge in [0, 0.05) is 15.9 Å². The normalized spacial score (nSPS) is 16.6. The van der Waals surface area contributed by atoms with Crippen LogP contribution in [0.1, 0.15) is 24.0 Å². The SMILES string of the molecule is NC(Cc1cccc(OCC(F)(F)F)c1)C1(c2cccc3ccc(Br)cc23)CC1. The molecule has 0 spiro atoms. The summed E-state index contributed by atoms with van der Waals surface area (Å²) in [4.78, 5) is 0. The molecule has 2 N–H and O–H groups in total. The van der Waals surface area contributed by atoms with Gasteiger partial charge in [-0.2, -0.15) is 13.2 Å². The Hall–Kier alpha value is -2.05. The van der Waals surface area contributed by atoms with Crippen molar-refractivity contribution < 1.29 is 17.9 Å². The highest BCUT2D eigenvalue weighted by Gasteiger charge is 2.49. The number of hydrogen-bond acceptors (Lipinski definition) is 2. The number of hydrogen-bond donors (Lipinski definition) is 1. The molecule has 2 nitrogen and oxygen atoms in total. The Kier molecular flexibility index (Phi) is 5.34. The lowest BCUT2D eigenvalue weighted by atomic mass is 9.82. The summed E-state index contributed by atoms with van der Waals surface area (Å²) < 4.78 is 43.1. The van der Waals surface area contributed by atoms with E-state index in [1.165, 1.54) is 22.4 Å². The van der Waals surface area contributed by atoms with Crippen LogP contribution in [0.4, 0.5) is 13.2 Å². The zero-order chi connectivity index (χ0) is 20.6. The summed E-state index contributed by atoms with van der Waals surface area (Å²) >= 11 is 3.56. The highest BCUT2D eigenvalue weighted by molar-refractivity contribution is 9.10. The lowest BCUT2D eigenvalue weighted by Gasteiger charge is -2.26. The van der Waals surface area contributed by atoms with E-state index in [9.17, 15) is 13.2 Å². The van der Waals surface area contributed by atoms with Gasteiger partial charge in [-0.15, -0.1) is 0 Å². The molecule has 0 saturated heterocycles. The van der Waals surface area contributed by atoms with Crippen LogP contribution in [0.3, 0.4) is 0 Å². The van der Waals surface area contributed by atoms with Crippen molar-refractivity contribution in [1.82, 2.24) is 0 Å². The Balaban J connectivity index is 1.56. The number of fused-ring (bicyclic) bond motifs is 1. The van der Waals surface area contributed by atoms with Crippen molar-refractivity contribution in [3.05, 3.63) is 76.3 Å². The van der Waals surface area contributed by atoms with Crippen LogP contribution in [-0.4, -0.2) is 18.8 Å². The summed E-state index contributed by atoms with van der Waals surface area (Å²) in [6, 6.07) is 19.2. The predicted octanol–water partition coefficient (Wildman–Crippen LogP) is 6.15. The molecule has 3 aromatic rings. The lowest BCUT2D eigenvalue weighted by molar-refractivity contribution is -0.153. The molecule has 0 radical (unpaired) electrons. The maximum Gasteiger partial charge on any atom is 0.422 e. The summed E-state index contributed by atoms with van der Waals surface area (Å²) in [6.45, 7) is -1.29. The molecule has 0 aromatic heterocycles. The Morgan fingerprint density at radius 3 is 2.52 bits per heavy atom. The van der Waals surface area contributed by atoms with Crippen molar-refractivity contribution in [1.29, 1.82) is 0 Å². The number of halogens is 4. The average molecular weight is 464 g/mol. The highest BCUT2D eigenvalue weighted by atomic mass is 79.9. The molecule has 152 valence electrons. The van der Waals surface area contributed by atoms with E-state index in [2.05, 4.69) is 46.3 Å². The van der Waals surface area contributed by atoms with E-state index >= 15 is 0 Å². The lowest BCUT2D eigenvalue weighted by Crippen LogP contribution is -2.37. The Labute approximate surface area is 176 Å². The van der Waals surface area contributed by atoms with Crippen LogP contribution < -0.4 is 10.5 Å². The third-order valence-electron chi connectivity index (χ3n) is 5.64. The molecule has 3 aromatic carbocycles. The molecular formula is C23H21BrF3NO. The van der Waals surface area contributed by atoms with Crippen molar-refractivity contribution in [2.45, 2.75) is 36.9 Å². The first-order valence-electron chi connectivity index (χ1n) is 9.50. The zero-order valence-corrected chi connectivity index (χ0v) is 17.3. The molecule has 4 rings (SSSR count). The molecule has 1 aliphatic rings. The highest BCUT2D eigenvalue weighted by Crippen LogP contribution is 2.53. The minimum Gasteiger partial charge on any atom is -0.484 e. The third kappa shape index (κ3) is 4.43. The molecule has 6 heteroatoms. The number of alkyl halides is 3.